The second-order valence-corrected chi connectivity index (χ2v) is 5.22. The highest BCUT2D eigenvalue weighted by atomic mass is 32.2. The van der Waals surface area contributed by atoms with Gasteiger partial charge in [0.1, 0.15) is 4.90 Å². The molecule has 0 aliphatic carbocycles. The van der Waals surface area contributed by atoms with E-state index in [-0.39, 0.29) is 10.8 Å². The van der Waals surface area contributed by atoms with Gasteiger partial charge in [0.15, 0.2) is 0 Å². The van der Waals surface area contributed by atoms with Gasteiger partial charge in [-0.1, -0.05) is 6.92 Å². The van der Waals surface area contributed by atoms with Crippen molar-refractivity contribution in [1.29, 1.82) is 0 Å². The summed E-state index contributed by atoms with van der Waals surface area (Å²) in [7, 11) is -1.57. The standard InChI is InChI=1S/C8H16N4O2S/c1-7(3-9-2)4-12-15(13,14)8-5-10-11-6-8/h5-7,9,12H,3-4H2,1-2H3,(H,10,11). The molecule has 7 heteroatoms. The Morgan fingerprint density at radius 3 is 2.80 bits per heavy atom. The average molecular weight is 232 g/mol. The third kappa shape index (κ3) is 3.61. The maximum absolute atomic E-state index is 11.6. The molecule has 1 aromatic heterocycles. The predicted molar refractivity (Wildman–Crippen MR) is 56.9 cm³/mol. The molecule has 0 spiro atoms. The zero-order chi connectivity index (χ0) is 11.3. The number of sulfonamides is 1. The molecule has 0 saturated heterocycles. The lowest BCUT2D eigenvalue weighted by Gasteiger charge is -2.11. The SMILES string of the molecule is CNCC(C)CNS(=O)(=O)c1cn[nH]c1. The Hall–Kier alpha value is -0.920. The van der Waals surface area contributed by atoms with Gasteiger partial charge in [0.25, 0.3) is 0 Å². The number of hydrogen-bond donors (Lipinski definition) is 3. The van der Waals surface area contributed by atoms with Gasteiger partial charge >= 0.3 is 0 Å². The van der Waals surface area contributed by atoms with Crippen molar-refractivity contribution < 1.29 is 8.42 Å². The third-order valence-electron chi connectivity index (χ3n) is 1.96. The zero-order valence-electron chi connectivity index (χ0n) is 8.82. The van der Waals surface area contributed by atoms with E-state index in [4.69, 9.17) is 0 Å². The van der Waals surface area contributed by atoms with Gasteiger partial charge in [-0.3, -0.25) is 5.10 Å². The molecule has 1 heterocycles. The smallest absolute Gasteiger partial charge is 0.243 e. The van der Waals surface area contributed by atoms with E-state index in [0.29, 0.717) is 6.54 Å². The van der Waals surface area contributed by atoms with Gasteiger partial charge in [0, 0.05) is 12.7 Å². The molecule has 0 aliphatic heterocycles. The Labute approximate surface area is 89.5 Å². The minimum absolute atomic E-state index is 0.166. The average Bonchev–Trinajstić information content (AvgIpc) is 2.69. The minimum Gasteiger partial charge on any atom is -0.319 e. The summed E-state index contributed by atoms with van der Waals surface area (Å²) in [4.78, 5) is 0.166. The van der Waals surface area contributed by atoms with Crippen LogP contribution in [0, 0.1) is 5.92 Å². The van der Waals surface area contributed by atoms with Crippen LogP contribution in [0.4, 0.5) is 0 Å². The van der Waals surface area contributed by atoms with E-state index < -0.39 is 10.0 Å². The van der Waals surface area contributed by atoms with Crippen molar-refractivity contribution in [3.63, 3.8) is 0 Å². The molecular formula is C8H16N4O2S. The Morgan fingerprint density at radius 1 is 1.53 bits per heavy atom. The van der Waals surface area contributed by atoms with E-state index in [2.05, 4.69) is 20.2 Å². The van der Waals surface area contributed by atoms with Crippen LogP contribution < -0.4 is 10.0 Å². The largest absolute Gasteiger partial charge is 0.319 e. The number of hydrogen-bond acceptors (Lipinski definition) is 4. The van der Waals surface area contributed by atoms with Gasteiger partial charge in [-0.25, -0.2) is 13.1 Å². The lowest BCUT2D eigenvalue weighted by Crippen LogP contribution is -2.32. The van der Waals surface area contributed by atoms with E-state index in [9.17, 15) is 8.42 Å². The summed E-state index contributed by atoms with van der Waals surface area (Å²) < 4.78 is 25.7. The van der Waals surface area contributed by atoms with Gasteiger partial charge in [0.2, 0.25) is 10.0 Å². The summed E-state index contributed by atoms with van der Waals surface area (Å²) in [5, 5.41) is 9.05. The highest BCUT2D eigenvalue weighted by molar-refractivity contribution is 7.89. The van der Waals surface area contributed by atoms with Gasteiger partial charge in [-0.05, 0) is 19.5 Å². The van der Waals surface area contributed by atoms with Crippen molar-refractivity contribution >= 4 is 10.0 Å². The summed E-state index contributed by atoms with van der Waals surface area (Å²) in [5.41, 5.74) is 0. The first-order valence-corrected chi connectivity index (χ1v) is 6.17. The summed E-state index contributed by atoms with van der Waals surface area (Å²) in [6.45, 7) is 3.15. The molecule has 0 radical (unpaired) electrons. The molecule has 1 aromatic rings. The highest BCUT2D eigenvalue weighted by Gasteiger charge is 2.15. The fourth-order valence-corrected chi connectivity index (χ4v) is 2.21. The number of H-pyrrole nitrogens is 1. The molecular weight excluding hydrogens is 216 g/mol. The maximum atomic E-state index is 11.6. The van der Waals surface area contributed by atoms with Gasteiger partial charge < -0.3 is 5.32 Å². The van der Waals surface area contributed by atoms with Gasteiger partial charge in [0.05, 0.1) is 6.20 Å². The molecule has 3 N–H and O–H groups in total. The molecule has 86 valence electrons. The Bertz CT molecular complexity index is 373. The number of rotatable bonds is 6. The summed E-state index contributed by atoms with van der Waals surface area (Å²) in [6, 6.07) is 0. The van der Waals surface area contributed by atoms with Crippen LogP contribution in [0.3, 0.4) is 0 Å². The lowest BCUT2D eigenvalue weighted by atomic mass is 10.2. The van der Waals surface area contributed by atoms with Crippen molar-refractivity contribution in [3.05, 3.63) is 12.4 Å². The molecule has 1 rings (SSSR count). The number of aromatic nitrogens is 2. The second kappa shape index (κ2) is 5.24. The zero-order valence-corrected chi connectivity index (χ0v) is 9.63. The van der Waals surface area contributed by atoms with Crippen molar-refractivity contribution in [2.75, 3.05) is 20.1 Å². The quantitative estimate of drug-likeness (QED) is 0.619. The van der Waals surface area contributed by atoms with Crippen molar-refractivity contribution in [3.8, 4) is 0 Å². The first kappa shape index (κ1) is 12.2. The predicted octanol–water partition coefficient (Wildman–Crippen LogP) is -0.456. The second-order valence-electron chi connectivity index (χ2n) is 3.45. The van der Waals surface area contributed by atoms with Crippen LogP contribution >= 0.6 is 0 Å². The minimum atomic E-state index is -3.40. The van der Waals surface area contributed by atoms with E-state index >= 15 is 0 Å². The molecule has 0 fully saturated rings. The van der Waals surface area contributed by atoms with E-state index in [1.807, 2.05) is 14.0 Å². The highest BCUT2D eigenvalue weighted by Crippen LogP contribution is 2.04. The van der Waals surface area contributed by atoms with E-state index in [1.165, 1.54) is 12.4 Å². The first-order valence-electron chi connectivity index (χ1n) is 4.69. The van der Waals surface area contributed by atoms with Crippen LogP contribution in [0.2, 0.25) is 0 Å². The fraction of sp³-hybridized carbons (Fsp3) is 0.625. The van der Waals surface area contributed by atoms with Crippen molar-refractivity contribution in [2.24, 2.45) is 5.92 Å². The normalized spacial score (nSPS) is 14.0. The Balaban J connectivity index is 2.52. The Kier molecular flexibility index (Phi) is 4.25. The van der Waals surface area contributed by atoms with Crippen LogP contribution in [0.5, 0.6) is 0 Å². The molecule has 0 aromatic carbocycles. The first-order chi connectivity index (χ1) is 7.06. The Morgan fingerprint density at radius 2 is 2.27 bits per heavy atom. The van der Waals surface area contributed by atoms with E-state index in [0.717, 1.165) is 6.54 Å². The van der Waals surface area contributed by atoms with Gasteiger partial charge in [-0.2, -0.15) is 5.10 Å². The number of aromatic amines is 1. The van der Waals surface area contributed by atoms with Crippen LogP contribution in [-0.2, 0) is 10.0 Å². The fourth-order valence-electron chi connectivity index (χ4n) is 1.14. The monoisotopic (exact) mass is 232 g/mol. The summed E-state index contributed by atoms with van der Waals surface area (Å²) >= 11 is 0. The van der Waals surface area contributed by atoms with Gasteiger partial charge in [-0.15, -0.1) is 0 Å². The van der Waals surface area contributed by atoms with Crippen LogP contribution in [-0.4, -0.2) is 38.8 Å². The van der Waals surface area contributed by atoms with Crippen molar-refractivity contribution in [1.82, 2.24) is 20.2 Å². The summed E-state index contributed by atoms with van der Waals surface area (Å²) in [5.74, 6) is 0.247. The molecule has 1 unspecified atom stereocenters. The number of nitrogens with one attached hydrogen (secondary N) is 3. The van der Waals surface area contributed by atoms with E-state index in [1.54, 1.807) is 0 Å². The lowest BCUT2D eigenvalue weighted by molar-refractivity contribution is 0.519. The molecule has 0 aliphatic rings. The summed E-state index contributed by atoms with van der Waals surface area (Å²) in [6.07, 6.45) is 2.64. The number of nitrogens with zero attached hydrogens (tertiary/aromatic N) is 1. The molecule has 15 heavy (non-hydrogen) atoms. The van der Waals surface area contributed by atoms with Crippen LogP contribution in [0.25, 0.3) is 0 Å². The van der Waals surface area contributed by atoms with Crippen LogP contribution in [0.1, 0.15) is 6.92 Å². The van der Waals surface area contributed by atoms with Crippen LogP contribution in [0.15, 0.2) is 17.3 Å². The topological polar surface area (TPSA) is 86.9 Å². The molecule has 6 nitrogen and oxygen atoms in total. The molecule has 1 atom stereocenters. The molecule has 0 saturated carbocycles. The maximum Gasteiger partial charge on any atom is 0.243 e. The third-order valence-corrected chi connectivity index (χ3v) is 3.35. The molecule has 0 amide bonds. The van der Waals surface area contributed by atoms with Crippen molar-refractivity contribution in [2.45, 2.75) is 11.8 Å². The molecule has 0 bridgehead atoms.